The number of nitrogens with one attached hydrogen (secondary N) is 1. The van der Waals surface area contributed by atoms with E-state index in [9.17, 15) is 13.2 Å². The van der Waals surface area contributed by atoms with Gasteiger partial charge in [0.15, 0.2) is 0 Å². The molecular weight excluding hydrogens is 404 g/mol. The molecule has 2 unspecified atom stereocenters. The normalized spacial score (nSPS) is 32.9. The summed E-state index contributed by atoms with van der Waals surface area (Å²) in [6.45, 7) is 0.991. The molecule has 0 aromatic heterocycles. The Bertz CT molecular complexity index is 971. The number of allylic oxidation sites excluding steroid dienone is 3. The molecule has 5 rings (SSSR count). The quantitative estimate of drug-likeness (QED) is 0.734. The van der Waals surface area contributed by atoms with Crippen LogP contribution in [0.25, 0.3) is 0 Å². The summed E-state index contributed by atoms with van der Waals surface area (Å²) in [5.41, 5.74) is 1.86. The molecule has 1 aliphatic carbocycles. The van der Waals surface area contributed by atoms with Crippen LogP contribution in [0.2, 0.25) is 0 Å². The molecule has 5 aliphatic rings. The molecule has 4 heterocycles. The van der Waals surface area contributed by atoms with E-state index in [2.05, 4.69) is 28.1 Å². The predicted octanol–water partition coefficient (Wildman–Crippen LogP) is 2.30. The van der Waals surface area contributed by atoms with Crippen molar-refractivity contribution >= 4 is 16.1 Å². The smallest absolute Gasteiger partial charge is 0.323 e. The Morgan fingerprint density at radius 3 is 2.90 bits per heavy atom. The number of nitrogens with zero attached hydrogens (tertiary/aromatic N) is 3. The zero-order chi connectivity index (χ0) is 21.1. The van der Waals surface area contributed by atoms with Gasteiger partial charge in [-0.25, -0.2) is 17.9 Å². The lowest BCUT2D eigenvalue weighted by Crippen LogP contribution is -2.45. The first-order chi connectivity index (χ1) is 14.2. The summed E-state index contributed by atoms with van der Waals surface area (Å²) in [7, 11) is -1.47. The van der Waals surface area contributed by atoms with E-state index in [-0.39, 0.29) is 18.0 Å². The highest BCUT2D eigenvalue weighted by atomic mass is 32.2. The van der Waals surface area contributed by atoms with Crippen LogP contribution in [0.5, 0.6) is 0 Å². The van der Waals surface area contributed by atoms with Gasteiger partial charge in [-0.3, -0.25) is 4.90 Å². The Balaban J connectivity index is 1.46. The first kappa shape index (κ1) is 19.9. The fourth-order valence-electron chi connectivity index (χ4n) is 5.82. The monoisotopic (exact) mass is 434 g/mol. The van der Waals surface area contributed by atoms with Crippen LogP contribution in [0, 0.1) is 5.41 Å². The maximum absolute atomic E-state index is 13.0. The van der Waals surface area contributed by atoms with Gasteiger partial charge in [-0.1, -0.05) is 12.5 Å². The van der Waals surface area contributed by atoms with Gasteiger partial charge < -0.3 is 14.5 Å². The van der Waals surface area contributed by atoms with Gasteiger partial charge in [-0.2, -0.15) is 0 Å². The highest BCUT2D eigenvalue weighted by molar-refractivity contribution is 7.88. The van der Waals surface area contributed by atoms with Crippen LogP contribution in [-0.2, 0) is 14.8 Å². The topological polar surface area (TPSA) is 82.2 Å². The lowest BCUT2D eigenvalue weighted by atomic mass is 9.65. The molecule has 1 saturated carbocycles. The summed E-state index contributed by atoms with van der Waals surface area (Å²) in [4.78, 5) is 18.7. The number of hydrogen-bond donors (Lipinski definition) is 1. The Kier molecular flexibility index (Phi) is 4.49. The molecule has 1 N–H and O–H groups in total. The lowest BCUT2D eigenvalue weighted by molar-refractivity contribution is -0.0427. The second-order valence-corrected chi connectivity index (χ2v) is 11.0. The van der Waals surface area contributed by atoms with Crippen molar-refractivity contribution in [3.05, 3.63) is 35.5 Å². The van der Waals surface area contributed by atoms with E-state index in [1.165, 1.54) is 24.1 Å². The predicted molar refractivity (Wildman–Crippen MR) is 112 cm³/mol. The summed E-state index contributed by atoms with van der Waals surface area (Å²) in [6.07, 6.45) is 15.0. The number of hydrogen-bond acceptors (Lipinski definition) is 5. The highest BCUT2D eigenvalue weighted by Gasteiger charge is 2.64. The third-order valence-electron chi connectivity index (χ3n) is 7.25. The number of rotatable bonds is 4. The molecule has 30 heavy (non-hydrogen) atoms. The molecule has 4 aliphatic heterocycles. The van der Waals surface area contributed by atoms with Gasteiger partial charge in [-0.05, 0) is 37.7 Å². The first-order valence-electron chi connectivity index (χ1n) is 10.8. The van der Waals surface area contributed by atoms with Gasteiger partial charge in [0.1, 0.15) is 5.76 Å². The van der Waals surface area contributed by atoms with Crippen molar-refractivity contribution in [2.45, 2.75) is 50.7 Å². The molecule has 164 valence electrons. The average molecular weight is 435 g/mol. The van der Waals surface area contributed by atoms with Crippen LogP contribution in [0.15, 0.2) is 35.5 Å². The van der Waals surface area contributed by atoms with Gasteiger partial charge in [0, 0.05) is 39.0 Å². The van der Waals surface area contributed by atoms with Crippen molar-refractivity contribution in [2.75, 3.05) is 32.9 Å². The van der Waals surface area contributed by atoms with Crippen LogP contribution >= 0.6 is 0 Å². The Labute approximate surface area is 178 Å². The first-order valence-corrected chi connectivity index (χ1v) is 12.7. The number of carbonyl (C=O) groups excluding carboxylic acids is 1. The molecule has 2 amide bonds. The van der Waals surface area contributed by atoms with Crippen LogP contribution < -0.4 is 4.72 Å². The maximum atomic E-state index is 13.0. The fourth-order valence-corrected chi connectivity index (χ4v) is 6.29. The third-order valence-corrected chi connectivity index (χ3v) is 7.98. The average Bonchev–Trinajstić information content (AvgIpc) is 3.15. The van der Waals surface area contributed by atoms with Gasteiger partial charge in [0.05, 0.1) is 23.9 Å². The molecule has 2 atom stereocenters. The maximum Gasteiger partial charge on any atom is 0.323 e. The summed E-state index contributed by atoms with van der Waals surface area (Å²) in [5, 5.41) is 0. The van der Waals surface area contributed by atoms with Gasteiger partial charge in [0.25, 0.3) is 0 Å². The summed E-state index contributed by atoms with van der Waals surface area (Å²) < 4.78 is 32.1. The second kappa shape index (κ2) is 6.75. The molecule has 0 aromatic carbocycles. The fraction of sp³-hybridized carbons (Fsp3) is 0.667. The highest BCUT2D eigenvalue weighted by Crippen LogP contribution is 2.62. The van der Waals surface area contributed by atoms with Crippen molar-refractivity contribution < 1.29 is 17.9 Å². The number of likely N-dealkylation sites (N-methyl/N-ethyl adjacent to an activating group) is 1. The van der Waals surface area contributed by atoms with Crippen molar-refractivity contribution in [1.82, 2.24) is 19.4 Å². The molecular formula is C21H30N4O4S. The van der Waals surface area contributed by atoms with Crippen molar-refractivity contribution in [3.63, 3.8) is 0 Å². The Morgan fingerprint density at radius 1 is 1.27 bits per heavy atom. The number of carbonyl (C=O) groups is 1. The number of sulfonamides is 1. The van der Waals surface area contributed by atoms with E-state index >= 15 is 0 Å². The van der Waals surface area contributed by atoms with E-state index in [4.69, 9.17) is 4.74 Å². The molecule has 9 heteroatoms. The zero-order valence-corrected chi connectivity index (χ0v) is 18.5. The van der Waals surface area contributed by atoms with E-state index in [1.54, 1.807) is 9.80 Å². The number of amides is 2. The molecule has 3 fully saturated rings. The van der Waals surface area contributed by atoms with E-state index in [0.29, 0.717) is 13.1 Å². The van der Waals surface area contributed by atoms with Gasteiger partial charge in [-0.15, -0.1) is 0 Å². The molecule has 0 radical (unpaired) electrons. The Morgan fingerprint density at radius 2 is 2.10 bits per heavy atom. The summed E-state index contributed by atoms with van der Waals surface area (Å²) in [6, 6.07) is -0.104. The SMILES string of the molecule is CN1C(=O)N(CCNS(C)(=O)=O)CC12CC13CCCCC1=CN1C=CCCC1=C3O2. The van der Waals surface area contributed by atoms with Crippen molar-refractivity contribution in [1.29, 1.82) is 0 Å². The van der Waals surface area contributed by atoms with Crippen LogP contribution in [0.4, 0.5) is 4.79 Å². The molecule has 2 saturated heterocycles. The number of urea groups is 1. The summed E-state index contributed by atoms with van der Waals surface area (Å²) >= 11 is 0. The lowest BCUT2D eigenvalue weighted by Gasteiger charge is -2.42. The minimum absolute atomic E-state index is 0.104. The second-order valence-electron chi connectivity index (χ2n) is 9.20. The number of fused-ring (bicyclic) bond motifs is 1. The molecule has 0 aromatic rings. The van der Waals surface area contributed by atoms with Crippen LogP contribution in [0.3, 0.4) is 0 Å². The Hall–Kier alpha value is -2.00. The molecule has 0 bridgehead atoms. The van der Waals surface area contributed by atoms with E-state index in [0.717, 1.165) is 44.1 Å². The minimum Gasteiger partial charge on any atom is -0.467 e. The van der Waals surface area contributed by atoms with Gasteiger partial charge in [0.2, 0.25) is 15.7 Å². The standard InChI is InChI=1S/C21H30N4O4S/c1-23-19(26)25(12-10-22-30(2,27)28)15-21(23)14-20-9-5-3-7-16(20)13-24-11-6-4-8-17(24)18(20)29-21/h6,11,13,22H,3-5,7-10,12,14-15H2,1-2H3. The summed E-state index contributed by atoms with van der Waals surface area (Å²) in [5.74, 6) is 1.07. The van der Waals surface area contributed by atoms with Crippen LogP contribution in [-0.4, -0.2) is 67.8 Å². The van der Waals surface area contributed by atoms with Gasteiger partial charge >= 0.3 is 6.03 Å². The minimum atomic E-state index is -3.28. The third kappa shape index (κ3) is 2.97. The van der Waals surface area contributed by atoms with E-state index < -0.39 is 15.7 Å². The van der Waals surface area contributed by atoms with Crippen molar-refractivity contribution in [3.8, 4) is 0 Å². The van der Waals surface area contributed by atoms with Crippen LogP contribution in [0.1, 0.15) is 44.9 Å². The largest absolute Gasteiger partial charge is 0.467 e. The molecule has 2 spiro atoms. The molecule has 8 nitrogen and oxygen atoms in total. The van der Waals surface area contributed by atoms with Crippen molar-refractivity contribution in [2.24, 2.45) is 5.41 Å². The number of ether oxygens (including phenoxy) is 1. The zero-order valence-electron chi connectivity index (χ0n) is 17.7. The van der Waals surface area contributed by atoms with E-state index in [1.807, 2.05) is 7.05 Å².